The highest BCUT2D eigenvalue weighted by Gasteiger charge is 2.37. The molecule has 0 amide bonds. The van der Waals surface area contributed by atoms with Gasteiger partial charge in [-0.15, -0.1) is 0 Å². The predicted molar refractivity (Wildman–Crippen MR) is 100 cm³/mol. The summed E-state index contributed by atoms with van der Waals surface area (Å²) in [6.45, 7) is 3.78. The molecule has 3 aromatic rings. The molecule has 0 aliphatic rings. The minimum Gasteiger partial charge on any atom is -0.305 e. The number of benzene rings is 3. The molecule has 3 heteroatoms. The number of rotatable bonds is 4. The normalized spacial score (nSPS) is 11.2. The van der Waals surface area contributed by atoms with Gasteiger partial charge in [0, 0.05) is 16.2 Å². The lowest BCUT2D eigenvalue weighted by Gasteiger charge is -2.20. The summed E-state index contributed by atoms with van der Waals surface area (Å²) in [7, 11) is -3.43. The van der Waals surface area contributed by atoms with E-state index < -0.39 is 7.14 Å². The number of hydrogen-bond acceptors (Lipinski definition) is 2. The molecule has 0 saturated carbocycles. The molecule has 3 aromatic carbocycles. The molecule has 0 heterocycles. The van der Waals surface area contributed by atoms with Crippen LogP contribution in [0.15, 0.2) is 78.9 Å². The average molecular weight is 334 g/mol. The van der Waals surface area contributed by atoms with Gasteiger partial charge in [-0.25, -0.2) is 0 Å². The third-order valence-electron chi connectivity index (χ3n) is 4.22. The molecule has 0 aliphatic heterocycles. The van der Waals surface area contributed by atoms with E-state index in [4.69, 9.17) is 0 Å². The van der Waals surface area contributed by atoms with Crippen LogP contribution in [0.3, 0.4) is 0 Å². The van der Waals surface area contributed by atoms with Crippen molar-refractivity contribution in [1.29, 1.82) is 0 Å². The smallest absolute Gasteiger partial charge is 0.230 e. The first-order chi connectivity index (χ1) is 11.5. The van der Waals surface area contributed by atoms with Crippen LogP contribution >= 0.6 is 7.14 Å². The summed E-state index contributed by atoms with van der Waals surface area (Å²) < 4.78 is 14.1. The second-order valence-corrected chi connectivity index (χ2v) is 8.51. The van der Waals surface area contributed by atoms with Crippen LogP contribution in [0.4, 0.5) is 0 Å². The summed E-state index contributed by atoms with van der Waals surface area (Å²) in [5, 5.41) is 1.15. The van der Waals surface area contributed by atoms with Gasteiger partial charge in [0.25, 0.3) is 0 Å². The van der Waals surface area contributed by atoms with E-state index in [1.165, 1.54) is 0 Å². The third kappa shape index (κ3) is 2.74. The van der Waals surface area contributed by atoms with Gasteiger partial charge in [-0.1, -0.05) is 78.9 Å². The van der Waals surface area contributed by atoms with Crippen molar-refractivity contribution in [2.75, 3.05) is 0 Å². The fourth-order valence-electron chi connectivity index (χ4n) is 2.97. The zero-order valence-electron chi connectivity index (χ0n) is 13.8. The van der Waals surface area contributed by atoms with Crippen molar-refractivity contribution in [2.24, 2.45) is 0 Å². The summed E-state index contributed by atoms with van der Waals surface area (Å²) in [6.07, 6.45) is 0. The van der Waals surface area contributed by atoms with Gasteiger partial charge in [-0.2, -0.15) is 0 Å². The predicted octanol–water partition coefficient (Wildman–Crippen LogP) is 4.46. The van der Waals surface area contributed by atoms with Crippen LogP contribution in [-0.4, -0.2) is 5.52 Å². The second-order valence-electron chi connectivity index (χ2n) is 5.85. The lowest BCUT2D eigenvalue weighted by atomic mass is 10.0. The van der Waals surface area contributed by atoms with Crippen molar-refractivity contribution < 1.29 is 9.36 Å². The Morgan fingerprint density at radius 2 is 1.08 bits per heavy atom. The maximum atomic E-state index is 14.1. The maximum absolute atomic E-state index is 14.1. The quantitative estimate of drug-likeness (QED) is 0.660. The highest BCUT2D eigenvalue weighted by Crippen LogP contribution is 2.47. The van der Waals surface area contributed by atoms with Crippen molar-refractivity contribution >= 4 is 23.3 Å². The van der Waals surface area contributed by atoms with Crippen LogP contribution in [0.2, 0.25) is 0 Å². The van der Waals surface area contributed by atoms with Crippen LogP contribution < -0.4 is 10.6 Å². The molecule has 0 radical (unpaired) electrons. The largest absolute Gasteiger partial charge is 0.305 e. The first-order valence-corrected chi connectivity index (χ1v) is 9.58. The van der Waals surface area contributed by atoms with Gasteiger partial charge in [-0.05, 0) is 25.0 Å². The Hall–Kier alpha value is -2.44. The molecular formula is C21H19O2P. The van der Waals surface area contributed by atoms with Gasteiger partial charge < -0.3 is 4.57 Å². The van der Waals surface area contributed by atoms with Gasteiger partial charge in [0.2, 0.25) is 12.7 Å². The Labute approximate surface area is 142 Å². The summed E-state index contributed by atoms with van der Waals surface area (Å²) in [5.74, 6) is 0. The summed E-state index contributed by atoms with van der Waals surface area (Å²) >= 11 is 0. The molecule has 0 spiro atoms. The van der Waals surface area contributed by atoms with E-state index in [1.54, 1.807) is 24.3 Å². The fourth-order valence-corrected chi connectivity index (χ4v) is 5.59. The van der Waals surface area contributed by atoms with Gasteiger partial charge in [0.15, 0.2) is 0 Å². The van der Waals surface area contributed by atoms with Gasteiger partial charge in [0.05, 0.1) is 0 Å². The monoisotopic (exact) mass is 334 g/mol. The van der Waals surface area contributed by atoms with E-state index in [1.807, 2.05) is 68.4 Å². The molecule has 24 heavy (non-hydrogen) atoms. The Morgan fingerprint density at radius 3 is 1.50 bits per heavy atom. The van der Waals surface area contributed by atoms with E-state index in [0.29, 0.717) is 16.2 Å². The Kier molecular flexibility index (Phi) is 4.51. The first-order valence-electron chi connectivity index (χ1n) is 7.87. The molecule has 0 bridgehead atoms. The standard InChI is InChI=1S/C21H19O2P/c1-16-10-9-11-17(2)20(16)21(22)24(23,18-12-5-3-6-13-18)19-14-7-4-8-15-19/h3-15H,1-2H3. The number of carbonyl (C=O) groups is 1. The van der Waals surface area contributed by atoms with Crippen LogP contribution in [0.1, 0.15) is 21.5 Å². The highest BCUT2D eigenvalue weighted by atomic mass is 31.2. The summed E-state index contributed by atoms with van der Waals surface area (Å²) in [6, 6.07) is 23.8. The highest BCUT2D eigenvalue weighted by molar-refractivity contribution is 7.93. The molecule has 2 nitrogen and oxygen atoms in total. The van der Waals surface area contributed by atoms with Crippen molar-refractivity contribution in [3.05, 3.63) is 95.6 Å². The number of aryl methyl sites for hydroxylation is 2. The molecule has 0 aromatic heterocycles. The first kappa shape index (κ1) is 16.4. The zero-order valence-corrected chi connectivity index (χ0v) is 14.7. The topological polar surface area (TPSA) is 34.1 Å². The average Bonchev–Trinajstić information content (AvgIpc) is 2.62. The van der Waals surface area contributed by atoms with Crippen molar-refractivity contribution in [3.63, 3.8) is 0 Å². The molecule has 0 fully saturated rings. The van der Waals surface area contributed by atoms with Crippen molar-refractivity contribution in [2.45, 2.75) is 13.8 Å². The molecule has 3 rings (SSSR count). The summed E-state index contributed by atoms with van der Waals surface area (Å²) in [4.78, 5) is 13.4. The summed E-state index contributed by atoms with van der Waals surface area (Å²) in [5.41, 5.74) is 1.98. The number of hydrogen-bond donors (Lipinski definition) is 0. The molecular weight excluding hydrogens is 315 g/mol. The molecule has 0 saturated heterocycles. The van der Waals surface area contributed by atoms with Gasteiger partial charge in [-0.3, -0.25) is 4.79 Å². The second kappa shape index (κ2) is 6.59. The fraction of sp³-hybridized carbons (Fsp3) is 0.0952. The van der Waals surface area contributed by atoms with E-state index in [2.05, 4.69) is 0 Å². The molecule has 0 atom stereocenters. The Morgan fingerprint density at radius 1 is 0.667 bits per heavy atom. The molecule has 0 aliphatic carbocycles. The lowest BCUT2D eigenvalue weighted by Crippen LogP contribution is -2.23. The zero-order chi connectivity index (χ0) is 17.2. The SMILES string of the molecule is Cc1cccc(C)c1C(=O)P(=O)(c1ccccc1)c1ccccc1. The molecule has 0 N–H and O–H groups in total. The number of carbonyl (C=O) groups excluding carboxylic acids is 1. The van der Waals surface area contributed by atoms with Gasteiger partial charge >= 0.3 is 0 Å². The third-order valence-corrected chi connectivity index (χ3v) is 7.07. The Bertz CT molecular complexity index is 851. The van der Waals surface area contributed by atoms with Gasteiger partial charge in [0.1, 0.15) is 0 Å². The van der Waals surface area contributed by atoms with Crippen LogP contribution in [0.25, 0.3) is 0 Å². The minimum absolute atomic E-state index is 0.296. The Balaban J connectivity index is 2.28. The van der Waals surface area contributed by atoms with Crippen LogP contribution in [-0.2, 0) is 4.57 Å². The van der Waals surface area contributed by atoms with Crippen LogP contribution in [0, 0.1) is 13.8 Å². The van der Waals surface area contributed by atoms with E-state index in [0.717, 1.165) is 11.1 Å². The van der Waals surface area contributed by atoms with Crippen molar-refractivity contribution in [3.8, 4) is 0 Å². The minimum atomic E-state index is -3.43. The van der Waals surface area contributed by atoms with Crippen LogP contribution in [0.5, 0.6) is 0 Å². The molecule has 0 unspecified atom stereocenters. The molecule has 120 valence electrons. The van der Waals surface area contributed by atoms with E-state index in [9.17, 15) is 9.36 Å². The van der Waals surface area contributed by atoms with Crippen molar-refractivity contribution in [1.82, 2.24) is 0 Å². The van der Waals surface area contributed by atoms with E-state index >= 15 is 0 Å². The van der Waals surface area contributed by atoms with E-state index in [-0.39, 0.29) is 5.52 Å². The lowest BCUT2D eigenvalue weighted by molar-refractivity contribution is 0.107. The maximum Gasteiger partial charge on any atom is 0.230 e.